The average molecular weight is 377 g/mol. The molecule has 1 rings (SSSR count). The smallest absolute Gasteiger partial charge is 0.192 e. The fourth-order valence-electron chi connectivity index (χ4n) is 2.90. The van der Waals surface area contributed by atoms with Crippen molar-refractivity contribution in [3.05, 3.63) is 0 Å². The van der Waals surface area contributed by atoms with Gasteiger partial charge < -0.3 is 23.7 Å². The van der Waals surface area contributed by atoms with Crippen LogP contribution >= 0.6 is 0 Å². The molecule has 0 amide bonds. The topological polar surface area (TPSA) is 57.2 Å². The van der Waals surface area contributed by atoms with E-state index in [0.29, 0.717) is 18.9 Å². The highest BCUT2D eigenvalue weighted by Gasteiger charge is 2.48. The summed E-state index contributed by atoms with van der Waals surface area (Å²) in [6, 6.07) is 0. The molecule has 1 N–H and O–H groups in total. The van der Waals surface area contributed by atoms with Crippen molar-refractivity contribution >= 4 is 8.32 Å². The molecule has 1 saturated heterocycles. The highest BCUT2D eigenvalue weighted by atomic mass is 28.4. The quantitative estimate of drug-likeness (QED) is 0.650. The second-order valence-electron chi connectivity index (χ2n) is 9.61. The van der Waals surface area contributed by atoms with Gasteiger partial charge in [0.2, 0.25) is 0 Å². The van der Waals surface area contributed by atoms with Gasteiger partial charge in [0.05, 0.1) is 12.7 Å². The Morgan fingerprint density at radius 1 is 1.16 bits per heavy atom. The number of hydrogen-bond acceptors (Lipinski definition) is 5. The monoisotopic (exact) mass is 376 g/mol. The molecule has 5 nitrogen and oxygen atoms in total. The van der Waals surface area contributed by atoms with Crippen LogP contribution in [0, 0.1) is 5.92 Å². The zero-order valence-electron chi connectivity index (χ0n) is 17.9. The summed E-state index contributed by atoms with van der Waals surface area (Å²) in [5.41, 5.74) is 0. The van der Waals surface area contributed by atoms with E-state index in [4.69, 9.17) is 18.6 Å². The van der Waals surface area contributed by atoms with Crippen LogP contribution in [0.3, 0.4) is 0 Å². The van der Waals surface area contributed by atoms with Gasteiger partial charge in [0.15, 0.2) is 14.1 Å². The van der Waals surface area contributed by atoms with E-state index in [2.05, 4.69) is 47.7 Å². The largest absolute Gasteiger partial charge is 0.414 e. The first-order chi connectivity index (χ1) is 11.2. The third-order valence-corrected chi connectivity index (χ3v) is 9.82. The molecule has 0 spiro atoms. The molecule has 4 atom stereocenters. The van der Waals surface area contributed by atoms with Crippen molar-refractivity contribution in [2.24, 2.45) is 5.92 Å². The lowest BCUT2D eigenvalue weighted by Gasteiger charge is -2.37. The molecule has 25 heavy (non-hydrogen) atoms. The predicted molar refractivity (Wildman–Crippen MR) is 103 cm³/mol. The van der Waals surface area contributed by atoms with Crippen LogP contribution in [0.25, 0.3) is 0 Å². The molecule has 1 heterocycles. The maximum atomic E-state index is 10.6. The fraction of sp³-hybridized carbons (Fsp3) is 1.00. The summed E-state index contributed by atoms with van der Waals surface area (Å²) in [5.74, 6) is -0.328. The van der Waals surface area contributed by atoms with Crippen molar-refractivity contribution in [3.8, 4) is 0 Å². The summed E-state index contributed by atoms with van der Waals surface area (Å²) in [6.45, 7) is 19.5. The minimum absolute atomic E-state index is 0.134. The summed E-state index contributed by atoms with van der Waals surface area (Å²) in [6.07, 6.45) is -0.969. The van der Waals surface area contributed by atoms with Crippen LogP contribution < -0.4 is 0 Å². The van der Waals surface area contributed by atoms with E-state index in [9.17, 15) is 5.11 Å². The molecular formula is C19H40O5Si. The van der Waals surface area contributed by atoms with Gasteiger partial charge in [-0.25, -0.2) is 0 Å². The van der Waals surface area contributed by atoms with E-state index in [1.807, 2.05) is 13.8 Å². The van der Waals surface area contributed by atoms with E-state index in [1.165, 1.54) is 0 Å². The summed E-state index contributed by atoms with van der Waals surface area (Å²) in [7, 11) is -0.266. The standard InChI is InChI=1S/C19H40O5Si/c1-13(2)11-14(20)16(21-8)17-15(23-19(6,7)24-17)12-22-25(9,10)18(3,4)5/h13-17,20H,11-12H2,1-10H3/t14-,15-,16-,17-/m0/s1. The van der Waals surface area contributed by atoms with Crippen molar-refractivity contribution in [1.82, 2.24) is 0 Å². The van der Waals surface area contributed by atoms with Gasteiger partial charge in [0.25, 0.3) is 0 Å². The van der Waals surface area contributed by atoms with Crippen molar-refractivity contribution in [2.45, 2.75) is 103 Å². The van der Waals surface area contributed by atoms with Crippen LogP contribution in [0.15, 0.2) is 0 Å². The van der Waals surface area contributed by atoms with E-state index < -0.39 is 26.3 Å². The van der Waals surface area contributed by atoms with Crippen molar-refractivity contribution in [2.75, 3.05) is 13.7 Å². The molecular weight excluding hydrogens is 336 g/mol. The van der Waals surface area contributed by atoms with E-state index in [1.54, 1.807) is 7.11 Å². The van der Waals surface area contributed by atoms with E-state index in [-0.39, 0.29) is 17.2 Å². The Hall–Kier alpha value is 0.0169. The molecule has 0 aromatic rings. The molecule has 150 valence electrons. The van der Waals surface area contributed by atoms with Crippen molar-refractivity contribution in [1.29, 1.82) is 0 Å². The highest BCUT2D eigenvalue weighted by molar-refractivity contribution is 6.74. The first-order valence-corrected chi connectivity index (χ1v) is 12.3. The number of rotatable bonds is 8. The SMILES string of the molecule is CO[C@H]([C@H]1OC(C)(C)O[C@H]1CO[Si](C)(C)C(C)(C)C)[C@@H](O)CC(C)C. The summed E-state index contributed by atoms with van der Waals surface area (Å²) in [4.78, 5) is 0. The van der Waals surface area contributed by atoms with Gasteiger partial charge in [-0.1, -0.05) is 34.6 Å². The average Bonchev–Trinajstić information content (AvgIpc) is 2.70. The van der Waals surface area contributed by atoms with Crippen LogP contribution in [0.4, 0.5) is 0 Å². The Labute approximate surface area is 155 Å². The lowest BCUT2D eigenvalue weighted by Crippen LogP contribution is -2.49. The molecule has 1 aliphatic rings. The molecule has 0 aromatic heterocycles. The Bertz CT molecular complexity index is 417. The van der Waals surface area contributed by atoms with Crippen molar-refractivity contribution < 1.29 is 23.7 Å². The first kappa shape index (κ1) is 23.1. The van der Waals surface area contributed by atoms with Crippen LogP contribution in [-0.2, 0) is 18.6 Å². The van der Waals surface area contributed by atoms with E-state index in [0.717, 1.165) is 0 Å². The molecule has 0 unspecified atom stereocenters. The zero-order chi connectivity index (χ0) is 19.6. The maximum absolute atomic E-state index is 10.6. The highest BCUT2D eigenvalue weighted by Crippen LogP contribution is 2.38. The number of hydrogen-bond donors (Lipinski definition) is 1. The van der Waals surface area contributed by atoms with Crippen molar-refractivity contribution in [3.63, 3.8) is 0 Å². The Kier molecular flexibility index (Phi) is 7.71. The summed E-state index contributed by atoms with van der Waals surface area (Å²) >= 11 is 0. The number of ether oxygens (including phenoxy) is 3. The van der Waals surface area contributed by atoms with Crippen LogP contribution in [0.1, 0.15) is 54.9 Å². The zero-order valence-corrected chi connectivity index (χ0v) is 18.9. The lowest BCUT2D eigenvalue weighted by molar-refractivity contribution is -0.167. The van der Waals surface area contributed by atoms with Gasteiger partial charge in [-0.2, -0.15) is 0 Å². The van der Waals surface area contributed by atoms with E-state index >= 15 is 0 Å². The molecule has 0 saturated carbocycles. The second-order valence-corrected chi connectivity index (χ2v) is 14.4. The van der Waals surface area contributed by atoms with Gasteiger partial charge in [-0.15, -0.1) is 0 Å². The van der Waals surface area contributed by atoms with Crippen LogP contribution in [-0.4, -0.2) is 57.3 Å². The molecule has 0 aliphatic carbocycles. The second kappa shape index (κ2) is 8.36. The molecule has 1 aliphatic heterocycles. The number of aliphatic hydroxyl groups excluding tert-OH is 1. The summed E-state index contributed by atoms with van der Waals surface area (Å²) in [5, 5.41) is 10.7. The number of methoxy groups -OCH3 is 1. The van der Waals surface area contributed by atoms with Crippen LogP contribution in [0.2, 0.25) is 18.1 Å². The first-order valence-electron chi connectivity index (χ1n) is 9.40. The minimum atomic E-state index is -1.89. The minimum Gasteiger partial charge on any atom is -0.414 e. The third-order valence-electron chi connectivity index (χ3n) is 5.32. The van der Waals surface area contributed by atoms with Crippen LogP contribution in [0.5, 0.6) is 0 Å². The molecule has 0 radical (unpaired) electrons. The molecule has 0 aromatic carbocycles. The maximum Gasteiger partial charge on any atom is 0.192 e. The van der Waals surface area contributed by atoms with Gasteiger partial charge in [0.1, 0.15) is 18.3 Å². The van der Waals surface area contributed by atoms with Gasteiger partial charge in [-0.3, -0.25) is 0 Å². The molecule has 6 heteroatoms. The lowest BCUT2D eigenvalue weighted by atomic mass is 9.96. The normalized spacial score (nSPS) is 26.9. The number of aliphatic hydroxyl groups is 1. The molecule has 1 fully saturated rings. The van der Waals surface area contributed by atoms with Gasteiger partial charge >= 0.3 is 0 Å². The summed E-state index contributed by atoms with van der Waals surface area (Å²) < 4.78 is 24.2. The Morgan fingerprint density at radius 3 is 2.16 bits per heavy atom. The predicted octanol–water partition coefficient (Wildman–Crippen LogP) is 3.95. The Balaban J connectivity index is 2.88. The van der Waals surface area contributed by atoms with Gasteiger partial charge in [0, 0.05) is 7.11 Å². The molecule has 0 bridgehead atoms. The Morgan fingerprint density at radius 2 is 1.72 bits per heavy atom. The third kappa shape index (κ3) is 6.29. The van der Waals surface area contributed by atoms with Gasteiger partial charge in [-0.05, 0) is 44.3 Å². The fourth-order valence-corrected chi connectivity index (χ4v) is 3.92.